The second-order valence-corrected chi connectivity index (χ2v) is 9.14. The van der Waals surface area contributed by atoms with Gasteiger partial charge < -0.3 is 20.9 Å². The van der Waals surface area contributed by atoms with E-state index in [1.54, 1.807) is 29.4 Å². The Hall–Kier alpha value is -3.51. The molecule has 1 unspecified atom stereocenters. The Morgan fingerprint density at radius 1 is 1.27 bits per heavy atom. The fourth-order valence-electron chi connectivity index (χ4n) is 4.82. The molecular weight excluding hydrogens is 418 g/mol. The highest BCUT2D eigenvalue weighted by Crippen LogP contribution is 2.51. The van der Waals surface area contributed by atoms with Gasteiger partial charge in [0.15, 0.2) is 0 Å². The van der Waals surface area contributed by atoms with Gasteiger partial charge in [0, 0.05) is 43.3 Å². The molecule has 2 atom stereocenters. The molecule has 2 aromatic rings. The van der Waals surface area contributed by atoms with Gasteiger partial charge in [0.1, 0.15) is 17.1 Å². The van der Waals surface area contributed by atoms with Gasteiger partial charge in [-0.1, -0.05) is 0 Å². The lowest BCUT2D eigenvalue weighted by Crippen LogP contribution is -2.36. The predicted octanol–water partition coefficient (Wildman–Crippen LogP) is 2.28. The van der Waals surface area contributed by atoms with Crippen LogP contribution in [0.5, 0.6) is 0 Å². The maximum absolute atomic E-state index is 13.1. The van der Waals surface area contributed by atoms with E-state index in [1.807, 2.05) is 13.0 Å². The number of hydrogen-bond donors (Lipinski definition) is 3. The standard InChI is InChI=1S/C24H27N7O2/c1-15-10-20(28-13-19(15)22(32)29-17-4-7-26-12-17)30-21-11-18(5-8-27-21)31-9-6-24(14-25,23(31)33)16-2-3-16/h5,8,10-11,13,16-17,26H,2-4,6-7,9,12H2,1H3,(H,29,32)(H,27,28,30)/t17?,24-/m1/s1. The SMILES string of the molecule is Cc1cc(Nc2cc(N3CC[C@@](C#N)(C4CC4)C3=O)ccn2)ncc1C(=O)NC1CCNC1. The van der Waals surface area contributed by atoms with E-state index in [9.17, 15) is 14.9 Å². The Morgan fingerprint density at radius 2 is 2.09 bits per heavy atom. The number of nitrogens with one attached hydrogen (secondary N) is 3. The lowest BCUT2D eigenvalue weighted by atomic mass is 9.83. The molecule has 9 heteroatoms. The van der Waals surface area contributed by atoms with Crippen molar-refractivity contribution in [2.45, 2.75) is 38.6 Å². The minimum absolute atomic E-state index is 0.105. The van der Waals surface area contributed by atoms with Crippen LogP contribution in [0.1, 0.15) is 41.6 Å². The van der Waals surface area contributed by atoms with Gasteiger partial charge in [-0.25, -0.2) is 9.97 Å². The summed E-state index contributed by atoms with van der Waals surface area (Å²) in [7, 11) is 0. The molecule has 0 bridgehead atoms. The van der Waals surface area contributed by atoms with Crippen molar-refractivity contribution >= 4 is 29.1 Å². The third-order valence-electron chi connectivity index (χ3n) is 6.89. The van der Waals surface area contributed by atoms with E-state index in [-0.39, 0.29) is 23.8 Å². The molecule has 33 heavy (non-hydrogen) atoms. The normalized spacial score (nSPS) is 24.5. The third-order valence-corrected chi connectivity index (χ3v) is 6.89. The summed E-state index contributed by atoms with van der Waals surface area (Å²) >= 11 is 0. The number of carbonyl (C=O) groups is 2. The molecule has 1 saturated carbocycles. The zero-order valence-corrected chi connectivity index (χ0v) is 18.6. The maximum Gasteiger partial charge on any atom is 0.253 e. The summed E-state index contributed by atoms with van der Waals surface area (Å²) in [5, 5.41) is 19.2. The van der Waals surface area contributed by atoms with E-state index < -0.39 is 5.41 Å². The molecule has 2 saturated heterocycles. The minimum atomic E-state index is -0.875. The highest BCUT2D eigenvalue weighted by atomic mass is 16.2. The summed E-state index contributed by atoms with van der Waals surface area (Å²) < 4.78 is 0. The first-order chi connectivity index (χ1) is 16.0. The van der Waals surface area contributed by atoms with Crippen LogP contribution in [0.4, 0.5) is 17.3 Å². The molecule has 1 aliphatic carbocycles. The maximum atomic E-state index is 13.1. The van der Waals surface area contributed by atoms with Gasteiger partial charge in [-0.2, -0.15) is 5.26 Å². The van der Waals surface area contributed by atoms with Crippen molar-refractivity contribution in [3.63, 3.8) is 0 Å². The smallest absolute Gasteiger partial charge is 0.253 e. The van der Waals surface area contributed by atoms with Gasteiger partial charge in [-0.3, -0.25) is 9.59 Å². The first kappa shape index (κ1) is 21.3. The third kappa shape index (κ3) is 4.02. The average Bonchev–Trinajstić information content (AvgIpc) is 3.43. The van der Waals surface area contributed by atoms with E-state index >= 15 is 0 Å². The van der Waals surface area contributed by atoms with E-state index in [0.29, 0.717) is 35.9 Å². The average molecular weight is 446 g/mol. The largest absolute Gasteiger partial charge is 0.348 e. The summed E-state index contributed by atoms with van der Waals surface area (Å²) in [6.07, 6.45) is 6.60. The Labute approximate surface area is 192 Å². The van der Waals surface area contributed by atoms with Crippen molar-refractivity contribution in [2.24, 2.45) is 11.3 Å². The summed E-state index contributed by atoms with van der Waals surface area (Å²) in [5.41, 5.74) is 1.20. The van der Waals surface area contributed by atoms with Crippen LogP contribution >= 0.6 is 0 Å². The first-order valence-corrected chi connectivity index (χ1v) is 11.4. The van der Waals surface area contributed by atoms with Crippen LogP contribution in [0.25, 0.3) is 0 Å². The number of anilines is 3. The van der Waals surface area contributed by atoms with E-state index in [2.05, 4.69) is 32.0 Å². The second kappa shape index (κ2) is 8.45. The quantitative estimate of drug-likeness (QED) is 0.623. The van der Waals surface area contributed by atoms with Crippen molar-refractivity contribution in [3.05, 3.63) is 41.7 Å². The summed E-state index contributed by atoms with van der Waals surface area (Å²) in [6, 6.07) is 7.86. The van der Waals surface area contributed by atoms with Gasteiger partial charge in [-0.15, -0.1) is 0 Å². The van der Waals surface area contributed by atoms with Crippen molar-refractivity contribution in [3.8, 4) is 6.07 Å². The topological polar surface area (TPSA) is 123 Å². The Bertz CT molecular complexity index is 1130. The zero-order chi connectivity index (χ0) is 23.0. The number of carbonyl (C=O) groups excluding carboxylic acids is 2. The van der Waals surface area contributed by atoms with Crippen molar-refractivity contribution in [2.75, 3.05) is 29.9 Å². The van der Waals surface area contributed by atoms with Gasteiger partial charge in [0.2, 0.25) is 5.91 Å². The molecule has 4 heterocycles. The van der Waals surface area contributed by atoms with Gasteiger partial charge in [0.05, 0.1) is 11.6 Å². The van der Waals surface area contributed by atoms with Gasteiger partial charge in [-0.05, 0) is 62.8 Å². The van der Waals surface area contributed by atoms with Crippen LogP contribution in [0, 0.1) is 29.6 Å². The second-order valence-electron chi connectivity index (χ2n) is 9.14. The summed E-state index contributed by atoms with van der Waals surface area (Å²) in [4.78, 5) is 36.1. The van der Waals surface area contributed by atoms with Crippen LogP contribution in [0.3, 0.4) is 0 Å². The number of aryl methyl sites for hydroxylation is 1. The Kier molecular flexibility index (Phi) is 5.46. The van der Waals surface area contributed by atoms with Crippen molar-refractivity contribution < 1.29 is 9.59 Å². The number of rotatable bonds is 6. The molecule has 2 amide bonds. The fraction of sp³-hybridized carbons (Fsp3) is 0.458. The molecule has 3 fully saturated rings. The summed E-state index contributed by atoms with van der Waals surface area (Å²) in [6.45, 7) is 4.11. The van der Waals surface area contributed by atoms with E-state index in [1.165, 1.54) is 0 Å². The Balaban J connectivity index is 1.29. The molecule has 170 valence electrons. The van der Waals surface area contributed by atoms with E-state index in [4.69, 9.17) is 0 Å². The summed E-state index contributed by atoms with van der Waals surface area (Å²) in [5.74, 6) is 1.07. The molecule has 2 aliphatic heterocycles. The van der Waals surface area contributed by atoms with Crippen LogP contribution in [0.2, 0.25) is 0 Å². The number of aromatic nitrogens is 2. The number of amides is 2. The monoisotopic (exact) mass is 445 g/mol. The van der Waals surface area contributed by atoms with Gasteiger partial charge >= 0.3 is 0 Å². The predicted molar refractivity (Wildman–Crippen MR) is 123 cm³/mol. The molecule has 0 radical (unpaired) electrons. The highest BCUT2D eigenvalue weighted by molar-refractivity contribution is 6.02. The van der Waals surface area contributed by atoms with Crippen LogP contribution in [-0.4, -0.2) is 47.5 Å². The molecule has 0 aromatic carbocycles. The molecule has 3 N–H and O–H groups in total. The van der Waals surface area contributed by atoms with Crippen LogP contribution < -0.4 is 20.9 Å². The zero-order valence-electron chi connectivity index (χ0n) is 18.6. The van der Waals surface area contributed by atoms with Gasteiger partial charge in [0.25, 0.3) is 5.91 Å². The van der Waals surface area contributed by atoms with Crippen molar-refractivity contribution in [1.29, 1.82) is 5.26 Å². The molecule has 2 aromatic heterocycles. The number of hydrogen-bond acceptors (Lipinski definition) is 7. The minimum Gasteiger partial charge on any atom is -0.348 e. The lowest BCUT2D eigenvalue weighted by Gasteiger charge is -2.21. The number of nitriles is 1. The number of nitrogens with zero attached hydrogens (tertiary/aromatic N) is 4. The fourth-order valence-corrected chi connectivity index (χ4v) is 4.82. The molecular formula is C24H27N7O2. The Morgan fingerprint density at radius 3 is 2.79 bits per heavy atom. The van der Waals surface area contributed by atoms with E-state index in [0.717, 1.165) is 37.9 Å². The van der Waals surface area contributed by atoms with Crippen LogP contribution in [0.15, 0.2) is 30.6 Å². The number of pyridine rings is 2. The highest BCUT2D eigenvalue weighted by Gasteiger charge is 2.56. The molecule has 5 rings (SSSR count). The first-order valence-electron chi connectivity index (χ1n) is 11.4. The molecule has 9 nitrogen and oxygen atoms in total. The lowest BCUT2D eigenvalue weighted by molar-refractivity contribution is -0.123. The molecule has 3 aliphatic rings. The molecule has 0 spiro atoms. The van der Waals surface area contributed by atoms with Crippen LogP contribution in [-0.2, 0) is 4.79 Å². The van der Waals surface area contributed by atoms with Crippen molar-refractivity contribution in [1.82, 2.24) is 20.6 Å².